The van der Waals surface area contributed by atoms with Crippen LogP contribution in [0.3, 0.4) is 0 Å². The van der Waals surface area contributed by atoms with Crippen LogP contribution in [0, 0.1) is 10.5 Å². The first-order valence-electron chi connectivity index (χ1n) is 7.04. The number of carbonyl (C=O) groups excluding carboxylic acids is 1. The lowest BCUT2D eigenvalue weighted by molar-refractivity contribution is 0.102. The zero-order chi connectivity index (χ0) is 14.8. The molecule has 0 saturated heterocycles. The number of nitrogens with one attached hydrogen (secondary N) is 2. The number of carbonyl (C=O) groups is 1. The summed E-state index contributed by atoms with van der Waals surface area (Å²) in [7, 11) is 0. The molecular weight excluding hydrogens is 375 g/mol. The molecule has 1 aliphatic rings. The topological polar surface area (TPSA) is 41.1 Å². The van der Waals surface area contributed by atoms with E-state index in [-0.39, 0.29) is 5.91 Å². The highest BCUT2D eigenvalue weighted by Gasteiger charge is 2.13. The minimum atomic E-state index is -0.0492. The van der Waals surface area contributed by atoms with Gasteiger partial charge in [-0.15, -0.1) is 0 Å². The Bertz CT molecular complexity index is 697. The van der Waals surface area contributed by atoms with Crippen LogP contribution in [-0.4, -0.2) is 12.5 Å². The number of hydrogen-bond donors (Lipinski definition) is 2. The molecule has 3 nitrogen and oxygen atoms in total. The van der Waals surface area contributed by atoms with E-state index in [0.29, 0.717) is 0 Å². The fraction of sp³-hybridized carbons (Fsp3) is 0.235. The lowest BCUT2D eigenvalue weighted by atomic mass is 10.0. The molecule has 2 N–H and O–H groups in total. The summed E-state index contributed by atoms with van der Waals surface area (Å²) in [5.41, 5.74) is 5.36. The fourth-order valence-corrected chi connectivity index (χ4v) is 3.18. The van der Waals surface area contributed by atoms with Gasteiger partial charge in [-0.3, -0.25) is 4.79 Å². The minimum Gasteiger partial charge on any atom is -0.322 e. The first-order chi connectivity index (χ1) is 10.1. The van der Waals surface area contributed by atoms with Crippen molar-refractivity contribution in [3.05, 3.63) is 62.2 Å². The molecule has 4 heteroatoms. The van der Waals surface area contributed by atoms with Gasteiger partial charge < -0.3 is 10.6 Å². The van der Waals surface area contributed by atoms with Gasteiger partial charge in [-0.2, -0.15) is 0 Å². The molecule has 0 aliphatic carbocycles. The van der Waals surface area contributed by atoms with Gasteiger partial charge in [0.1, 0.15) is 0 Å². The van der Waals surface area contributed by atoms with Gasteiger partial charge in [-0.25, -0.2) is 0 Å². The molecule has 0 unspecified atom stereocenters. The van der Waals surface area contributed by atoms with Gasteiger partial charge in [-0.05, 0) is 77.4 Å². The van der Waals surface area contributed by atoms with Gasteiger partial charge in [0.15, 0.2) is 0 Å². The van der Waals surface area contributed by atoms with Gasteiger partial charge in [0.2, 0.25) is 0 Å². The van der Waals surface area contributed by atoms with Crippen LogP contribution in [0.4, 0.5) is 5.69 Å². The van der Waals surface area contributed by atoms with Gasteiger partial charge in [-0.1, -0.05) is 18.2 Å². The molecule has 1 heterocycles. The molecule has 0 radical (unpaired) electrons. The summed E-state index contributed by atoms with van der Waals surface area (Å²) in [6, 6.07) is 12.0. The summed E-state index contributed by atoms with van der Waals surface area (Å²) in [6.45, 7) is 3.92. The highest BCUT2D eigenvalue weighted by molar-refractivity contribution is 14.1. The summed E-state index contributed by atoms with van der Waals surface area (Å²) < 4.78 is 1.01. The lowest BCUT2D eigenvalue weighted by Crippen LogP contribution is -2.23. The van der Waals surface area contributed by atoms with Crippen molar-refractivity contribution >= 4 is 34.2 Å². The van der Waals surface area contributed by atoms with Crippen molar-refractivity contribution in [2.75, 3.05) is 11.9 Å². The number of benzene rings is 2. The Balaban J connectivity index is 1.83. The third-order valence-electron chi connectivity index (χ3n) is 3.79. The molecule has 2 aromatic rings. The zero-order valence-corrected chi connectivity index (χ0v) is 14.0. The Labute approximate surface area is 138 Å². The second kappa shape index (κ2) is 6.15. The second-order valence-corrected chi connectivity index (χ2v) is 6.38. The molecule has 108 valence electrons. The monoisotopic (exact) mass is 392 g/mol. The smallest absolute Gasteiger partial charge is 0.256 e. The van der Waals surface area contributed by atoms with E-state index in [1.165, 1.54) is 11.1 Å². The summed E-state index contributed by atoms with van der Waals surface area (Å²) >= 11 is 2.23. The summed E-state index contributed by atoms with van der Waals surface area (Å²) in [5, 5.41) is 6.36. The number of halogens is 1. The standard InChI is InChI=1S/C17H17IN2O/c1-11-3-2-4-15(16(11)18)17(21)20-14-6-5-12-7-8-19-10-13(12)9-14/h2-6,9,19H,7-8,10H2,1H3,(H,20,21). The maximum absolute atomic E-state index is 12.4. The molecule has 0 aromatic heterocycles. The molecule has 3 rings (SSSR count). The number of aryl methyl sites for hydroxylation is 1. The lowest BCUT2D eigenvalue weighted by Gasteiger charge is -2.18. The molecule has 0 fully saturated rings. The average molecular weight is 392 g/mol. The molecule has 0 atom stereocenters. The van der Waals surface area contributed by atoms with Crippen molar-refractivity contribution in [3.8, 4) is 0 Å². The van der Waals surface area contributed by atoms with Gasteiger partial charge in [0, 0.05) is 15.8 Å². The molecule has 0 spiro atoms. The van der Waals surface area contributed by atoms with E-state index in [1.807, 2.05) is 31.2 Å². The number of rotatable bonds is 2. The Hall–Kier alpha value is -1.40. The molecule has 0 saturated carbocycles. The molecule has 2 aromatic carbocycles. The zero-order valence-electron chi connectivity index (χ0n) is 11.9. The van der Waals surface area contributed by atoms with E-state index in [9.17, 15) is 4.79 Å². The van der Waals surface area contributed by atoms with E-state index in [2.05, 4.69) is 45.4 Å². The number of amides is 1. The van der Waals surface area contributed by atoms with E-state index in [1.54, 1.807) is 0 Å². The Morgan fingerprint density at radius 1 is 1.24 bits per heavy atom. The summed E-state index contributed by atoms with van der Waals surface area (Å²) in [6.07, 6.45) is 1.05. The Kier molecular flexibility index (Phi) is 4.26. The van der Waals surface area contributed by atoms with Crippen LogP contribution >= 0.6 is 22.6 Å². The summed E-state index contributed by atoms with van der Waals surface area (Å²) in [5.74, 6) is -0.0492. The first kappa shape index (κ1) is 14.5. The van der Waals surface area contributed by atoms with Crippen LogP contribution in [0.2, 0.25) is 0 Å². The van der Waals surface area contributed by atoms with Crippen molar-refractivity contribution in [1.29, 1.82) is 0 Å². The molecular formula is C17H17IN2O. The van der Waals surface area contributed by atoms with Crippen LogP contribution in [0.1, 0.15) is 27.0 Å². The maximum Gasteiger partial charge on any atom is 0.256 e. The fourth-order valence-electron chi connectivity index (χ4n) is 2.58. The van der Waals surface area contributed by atoms with Crippen LogP contribution in [0.5, 0.6) is 0 Å². The van der Waals surface area contributed by atoms with Crippen LogP contribution in [0.15, 0.2) is 36.4 Å². The third-order valence-corrected chi connectivity index (χ3v) is 5.22. The van der Waals surface area contributed by atoms with Crippen molar-refractivity contribution in [2.24, 2.45) is 0 Å². The Morgan fingerprint density at radius 3 is 2.95 bits per heavy atom. The molecule has 1 aliphatic heterocycles. The quantitative estimate of drug-likeness (QED) is 0.769. The SMILES string of the molecule is Cc1cccc(C(=O)Nc2ccc3c(c2)CNCC3)c1I. The van der Waals surface area contributed by atoms with Crippen molar-refractivity contribution in [2.45, 2.75) is 19.9 Å². The van der Waals surface area contributed by atoms with Crippen LogP contribution in [0.25, 0.3) is 0 Å². The number of anilines is 1. The van der Waals surface area contributed by atoms with Crippen molar-refractivity contribution in [1.82, 2.24) is 5.32 Å². The van der Waals surface area contributed by atoms with Crippen molar-refractivity contribution in [3.63, 3.8) is 0 Å². The maximum atomic E-state index is 12.4. The number of fused-ring (bicyclic) bond motifs is 1. The van der Waals surface area contributed by atoms with Crippen LogP contribution in [-0.2, 0) is 13.0 Å². The third kappa shape index (κ3) is 3.11. The highest BCUT2D eigenvalue weighted by atomic mass is 127. The normalized spacial score (nSPS) is 13.6. The largest absolute Gasteiger partial charge is 0.322 e. The molecule has 0 bridgehead atoms. The van der Waals surface area contributed by atoms with Gasteiger partial charge >= 0.3 is 0 Å². The van der Waals surface area contributed by atoms with Crippen molar-refractivity contribution < 1.29 is 4.79 Å². The van der Waals surface area contributed by atoms with E-state index in [0.717, 1.165) is 39.9 Å². The second-order valence-electron chi connectivity index (χ2n) is 5.30. The van der Waals surface area contributed by atoms with Gasteiger partial charge in [0.25, 0.3) is 5.91 Å². The van der Waals surface area contributed by atoms with E-state index >= 15 is 0 Å². The predicted octanol–water partition coefficient (Wildman–Crippen LogP) is 3.50. The minimum absolute atomic E-state index is 0.0492. The molecule has 1 amide bonds. The number of hydrogen-bond acceptors (Lipinski definition) is 2. The average Bonchev–Trinajstić information content (AvgIpc) is 2.50. The van der Waals surface area contributed by atoms with E-state index < -0.39 is 0 Å². The molecule has 21 heavy (non-hydrogen) atoms. The Morgan fingerprint density at radius 2 is 2.10 bits per heavy atom. The predicted molar refractivity (Wildman–Crippen MR) is 93.7 cm³/mol. The highest BCUT2D eigenvalue weighted by Crippen LogP contribution is 2.21. The van der Waals surface area contributed by atoms with E-state index in [4.69, 9.17) is 0 Å². The van der Waals surface area contributed by atoms with Gasteiger partial charge in [0.05, 0.1) is 5.56 Å². The summed E-state index contributed by atoms with van der Waals surface area (Å²) in [4.78, 5) is 12.4. The first-order valence-corrected chi connectivity index (χ1v) is 8.12. The van der Waals surface area contributed by atoms with Crippen LogP contribution < -0.4 is 10.6 Å².